The van der Waals surface area contributed by atoms with Crippen LogP contribution in [0.3, 0.4) is 0 Å². The first-order chi connectivity index (χ1) is 21.4. The topological polar surface area (TPSA) is 204 Å². The van der Waals surface area contributed by atoms with Crippen LogP contribution in [0.15, 0.2) is 48.5 Å². The molecule has 0 spiro atoms. The van der Waals surface area contributed by atoms with E-state index in [4.69, 9.17) is 14.7 Å². The van der Waals surface area contributed by atoms with Gasteiger partial charge >= 0.3 is 12.2 Å². The van der Waals surface area contributed by atoms with Gasteiger partial charge in [-0.05, 0) is 96.7 Å². The summed E-state index contributed by atoms with van der Waals surface area (Å²) >= 11 is 0. The van der Waals surface area contributed by atoms with Crippen LogP contribution in [0.25, 0.3) is 11.1 Å². The maximum Gasteiger partial charge on any atom is 0.408 e. The number of aliphatic hydroxyl groups excluding tert-OH is 1. The van der Waals surface area contributed by atoms with Crippen LogP contribution in [-0.2, 0) is 19.1 Å². The Labute approximate surface area is 268 Å². The number of rotatable bonds is 12. The monoisotopic (exact) mass is 643 g/mol. The maximum absolute atomic E-state index is 13.2. The molecule has 0 saturated carbocycles. The van der Waals surface area contributed by atoms with E-state index < -0.39 is 59.3 Å². The molecule has 0 aliphatic carbocycles. The summed E-state index contributed by atoms with van der Waals surface area (Å²) in [6.07, 6.45) is -1.99. The smallest absolute Gasteiger partial charge is 0.408 e. The molecule has 2 aromatic rings. The number of hydrogen-bond acceptors (Lipinski definition) is 9. The van der Waals surface area contributed by atoms with Gasteiger partial charge < -0.3 is 35.8 Å². The van der Waals surface area contributed by atoms with Gasteiger partial charge in [-0.3, -0.25) is 19.6 Å². The number of carbonyl (C=O) groups excluding carboxylic acids is 5. The van der Waals surface area contributed by atoms with Crippen molar-refractivity contribution in [1.29, 1.82) is 0 Å². The fraction of sp³-hybridized carbons (Fsp3) is 0.469. The standard InChI is InChI=1S/C32H45N5O9/c1-19(38)25(28(41)37-44)36-26(39)22-12-10-20(11-13-22)21-14-16-23(17-15-21)34-27(40)24(35-30(43)46-32(5,6)7)9-8-18-33-29(42)45-31(2,3)4/h10-17,19,24-25,38,44H,8-9,18H2,1-7H3,(H,33,42)(H,34,40)(H,35,43)(H,36,39)(H,37,41)/t19-,24+,25+/m1/s1. The lowest BCUT2D eigenvalue weighted by molar-refractivity contribution is -0.133. The Morgan fingerprint density at radius 1 is 0.761 bits per heavy atom. The molecule has 0 aliphatic rings. The maximum atomic E-state index is 13.2. The quantitative estimate of drug-likeness (QED) is 0.103. The van der Waals surface area contributed by atoms with Gasteiger partial charge in [-0.2, -0.15) is 0 Å². The van der Waals surface area contributed by atoms with E-state index in [2.05, 4.69) is 21.3 Å². The van der Waals surface area contributed by atoms with Crippen molar-refractivity contribution < 1.29 is 43.8 Å². The van der Waals surface area contributed by atoms with E-state index >= 15 is 0 Å². The Morgan fingerprint density at radius 2 is 1.28 bits per heavy atom. The average Bonchev–Trinajstić information content (AvgIpc) is 2.95. The number of hydroxylamine groups is 1. The Balaban J connectivity index is 2.06. The summed E-state index contributed by atoms with van der Waals surface area (Å²) in [6, 6.07) is 11.1. The molecule has 14 heteroatoms. The lowest BCUT2D eigenvalue weighted by Gasteiger charge is -2.23. The first kappa shape index (κ1) is 37.5. The molecule has 0 unspecified atom stereocenters. The van der Waals surface area contributed by atoms with Gasteiger partial charge in [-0.15, -0.1) is 0 Å². The number of nitrogens with one attached hydrogen (secondary N) is 5. The Hall–Kier alpha value is -4.69. The molecule has 0 aliphatic heterocycles. The molecule has 7 N–H and O–H groups in total. The minimum Gasteiger partial charge on any atom is -0.444 e. The van der Waals surface area contributed by atoms with Crippen LogP contribution >= 0.6 is 0 Å². The lowest BCUT2D eigenvalue weighted by Crippen LogP contribution is -2.51. The van der Waals surface area contributed by atoms with Crippen LogP contribution in [0.4, 0.5) is 15.3 Å². The molecule has 2 rings (SSSR count). The summed E-state index contributed by atoms with van der Waals surface area (Å²) in [5.41, 5.74) is 2.24. The summed E-state index contributed by atoms with van der Waals surface area (Å²) in [5, 5.41) is 29.0. The molecule has 252 valence electrons. The molecule has 0 fully saturated rings. The van der Waals surface area contributed by atoms with Gasteiger partial charge in [-0.25, -0.2) is 15.1 Å². The molecule has 46 heavy (non-hydrogen) atoms. The summed E-state index contributed by atoms with van der Waals surface area (Å²) in [4.78, 5) is 61.8. The summed E-state index contributed by atoms with van der Waals surface area (Å²) in [5.74, 6) is -2.04. The van der Waals surface area contributed by atoms with Gasteiger partial charge in [0.15, 0.2) is 0 Å². The van der Waals surface area contributed by atoms with Gasteiger partial charge in [-0.1, -0.05) is 24.3 Å². The Kier molecular flexibility index (Phi) is 13.5. The molecular weight excluding hydrogens is 598 g/mol. The van der Waals surface area contributed by atoms with Crippen LogP contribution in [0.1, 0.15) is 71.7 Å². The third-order valence-electron chi connectivity index (χ3n) is 6.14. The second-order valence-electron chi connectivity index (χ2n) is 12.6. The number of benzene rings is 2. The van der Waals surface area contributed by atoms with E-state index in [1.807, 2.05) is 0 Å². The highest BCUT2D eigenvalue weighted by atomic mass is 16.6. The van der Waals surface area contributed by atoms with Crippen LogP contribution in [0.2, 0.25) is 0 Å². The minimum absolute atomic E-state index is 0.210. The second kappa shape index (κ2) is 16.6. The number of alkyl carbamates (subject to hydrolysis) is 2. The number of aliphatic hydroxyl groups is 1. The fourth-order valence-electron chi connectivity index (χ4n) is 4.02. The fourth-order valence-corrected chi connectivity index (χ4v) is 4.02. The Morgan fingerprint density at radius 3 is 1.78 bits per heavy atom. The molecule has 0 heterocycles. The number of ether oxygens (including phenoxy) is 2. The number of anilines is 1. The van der Waals surface area contributed by atoms with Crippen molar-refractivity contribution in [3.8, 4) is 11.1 Å². The van der Waals surface area contributed by atoms with Gasteiger partial charge in [0.25, 0.3) is 11.8 Å². The average molecular weight is 644 g/mol. The van der Waals surface area contributed by atoms with Crippen molar-refractivity contribution in [3.05, 3.63) is 54.1 Å². The number of amides is 5. The van der Waals surface area contributed by atoms with E-state index in [1.165, 1.54) is 12.4 Å². The number of carbonyl (C=O) groups is 5. The van der Waals surface area contributed by atoms with Crippen LogP contribution in [0, 0.1) is 0 Å². The highest BCUT2D eigenvalue weighted by Crippen LogP contribution is 2.22. The third-order valence-corrected chi connectivity index (χ3v) is 6.14. The predicted octanol–water partition coefficient (Wildman–Crippen LogP) is 3.47. The summed E-state index contributed by atoms with van der Waals surface area (Å²) < 4.78 is 10.5. The summed E-state index contributed by atoms with van der Waals surface area (Å²) in [6.45, 7) is 11.9. The van der Waals surface area contributed by atoms with E-state index in [0.29, 0.717) is 12.1 Å². The molecule has 0 bridgehead atoms. The predicted molar refractivity (Wildman–Crippen MR) is 170 cm³/mol. The van der Waals surface area contributed by atoms with Crippen LogP contribution in [0.5, 0.6) is 0 Å². The van der Waals surface area contributed by atoms with E-state index in [0.717, 1.165) is 11.1 Å². The van der Waals surface area contributed by atoms with Crippen molar-refractivity contribution in [3.63, 3.8) is 0 Å². The van der Waals surface area contributed by atoms with Crippen molar-refractivity contribution in [2.24, 2.45) is 0 Å². The first-order valence-electron chi connectivity index (χ1n) is 14.8. The van der Waals surface area contributed by atoms with Gasteiger partial charge in [0.2, 0.25) is 5.91 Å². The molecule has 2 aromatic carbocycles. The van der Waals surface area contributed by atoms with Gasteiger partial charge in [0.05, 0.1) is 6.10 Å². The largest absolute Gasteiger partial charge is 0.444 e. The molecular formula is C32H45N5O9. The molecule has 3 atom stereocenters. The second-order valence-corrected chi connectivity index (χ2v) is 12.6. The van der Waals surface area contributed by atoms with Crippen molar-refractivity contribution >= 4 is 35.6 Å². The van der Waals surface area contributed by atoms with Crippen molar-refractivity contribution in [2.75, 3.05) is 11.9 Å². The van der Waals surface area contributed by atoms with E-state index in [9.17, 15) is 29.1 Å². The zero-order valence-electron chi connectivity index (χ0n) is 27.2. The van der Waals surface area contributed by atoms with Gasteiger partial charge in [0.1, 0.15) is 23.3 Å². The van der Waals surface area contributed by atoms with E-state index in [1.54, 1.807) is 90.1 Å². The normalized spacial score (nSPS) is 13.3. The van der Waals surface area contributed by atoms with Crippen LogP contribution < -0.4 is 26.7 Å². The summed E-state index contributed by atoms with van der Waals surface area (Å²) in [7, 11) is 0. The number of hydrogen-bond donors (Lipinski definition) is 7. The van der Waals surface area contributed by atoms with Crippen LogP contribution in [-0.4, -0.2) is 76.2 Å². The SMILES string of the molecule is C[C@@H](O)[C@H](NC(=O)c1ccc(-c2ccc(NC(=O)[C@H](CCCNC(=O)OC(C)(C)C)NC(=O)OC(C)(C)C)cc2)cc1)C(=O)NO. The molecule has 0 radical (unpaired) electrons. The zero-order valence-corrected chi connectivity index (χ0v) is 27.2. The minimum atomic E-state index is -1.34. The van der Waals surface area contributed by atoms with Crippen molar-refractivity contribution in [1.82, 2.24) is 21.4 Å². The third kappa shape index (κ3) is 13.1. The molecule has 5 amide bonds. The van der Waals surface area contributed by atoms with Gasteiger partial charge in [0, 0.05) is 17.8 Å². The zero-order chi connectivity index (χ0) is 34.7. The Bertz CT molecular complexity index is 1350. The molecule has 0 aromatic heterocycles. The highest BCUT2D eigenvalue weighted by molar-refractivity contribution is 5.98. The lowest BCUT2D eigenvalue weighted by atomic mass is 10.0. The molecule has 0 saturated heterocycles. The highest BCUT2D eigenvalue weighted by Gasteiger charge is 2.26. The molecule has 14 nitrogen and oxygen atoms in total. The van der Waals surface area contributed by atoms with E-state index in [-0.39, 0.29) is 18.5 Å². The first-order valence-corrected chi connectivity index (χ1v) is 14.8. The van der Waals surface area contributed by atoms with Crippen molar-refractivity contribution in [2.45, 2.75) is 90.7 Å².